The van der Waals surface area contributed by atoms with Crippen molar-refractivity contribution in [2.24, 2.45) is 0 Å². The summed E-state index contributed by atoms with van der Waals surface area (Å²) < 4.78 is 5.33. The maximum atomic E-state index is 12.0. The van der Waals surface area contributed by atoms with E-state index in [1.54, 1.807) is 0 Å². The number of amides is 1. The van der Waals surface area contributed by atoms with Crippen molar-refractivity contribution in [3.8, 4) is 6.07 Å². The number of benzene rings is 1. The van der Waals surface area contributed by atoms with Crippen LogP contribution < -0.4 is 10.6 Å². The molecule has 1 aliphatic rings. The Balaban J connectivity index is 1.91. The van der Waals surface area contributed by atoms with Crippen molar-refractivity contribution in [1.82, 2.24) is 5.32 Å². The fourth-order valence-electron chi connectivity index (χ4n) is 2.22. The van der Waals surface area contributed by atoms with Crippen molar-refractivity contribution in [2.75, 3.05) is 25.1 Å². The van der Waals surface area contributed by atoms with Gasteiger partial charge in [0.1, 0.15) is 0 Å². The summed E-state index contributed by atoms with van der Waals surface area (Å²) >= 11 is 0. The molecular weight excluding hydrogens is 266 g/mol. The number of carbonyl (C=O) groups is 1. The zero-order valence-electron chi connectivity index (χ0n) is 12.5. The van der Waals surface area contributed by atoms with Crippen LogP contribution in [0.2, 0.25) is 0 Å². The number of morpholine rings is 1. The molecule has 112 valence electrons. The highest BCUT2D eigenvalue weighted by Gasteiger charge is 2.20. The molecule has 5 heteroatoms. The Morgan fingerprint density at radius 2 is 2.19 bits per heavy atom. The molecule has 1 atom stereocenters. The molecule has 2 N–H and O–H groups in total. The van der Waals surface area contributed by atoms with Crippen molar-refractivity contribution in [3.63, 3.8) is 0 Å². The van der Waals surface area contributed by atoms with Gasteiger partial charge in [-0.25, -0.2) is 0 Å². The van der Waals surface area contributed by atoms with Crippen LogP contribution in [0.3, 0.4) is 0 Å². The molecule has 0 aromatic heterocycles. The standard InChI is InChI=1S/C16H21N3O2/c1-16(2,11-17)12-3-5-13(6-4-12)19-15(20)9-14-10-21-8-7-18-14/h3-6,14,18H,7-10H2,1-2H3,(H,19,20). The number of anilines is 1. The van der Waals surface area contributed by atoms with Crippen LogP contribution in [0.25, 0.3) is 0 Å². The summed E-state index contributed by atoms with van der Waals surface area (Å²) in [7, 11) is 0. The predicted molar refractivity (Wildman–Crippen MR) is 80.9 cm³/mol. The first-order valence-electron chi connectivity index (χ1n) is 7.14. The molecule has 1 amide bonds. The SMILES string of the molecule is CC(C)(C#N)c1ccc(NC(=O)CC2COCCN2)cc1. The maximum absolute atomic E-state index is 12.0. The molecule has 1 aromatic carbocycles. The smallest absolute Gasteiger partial charge is 0.226 e. The lowest BCUT2D eigenvalue weighted by Crippen LogP contribution is -2.43. The molecule has 1 aromatic rings. The Bertz CT molecular complexity index is 525. The zero-order chi connectivity index (χ0) is 15.3. The first-order chi connectivity index (χ1) is 10.0. The van der Waals surface area contributed by atoms with E-state index in [0.29, 0.717) is 19.6 Å². The lowest BCUT2D eigenvalue weighted by atomic mass is 9.86. The number of rotatable bonds is 4. The van der Waals surface area contributed by atoms with E-state index in [4.69, 9.17) is 10.00 Å². The van der Waals surface area contributed by atoms with E-state index in [2.05, 4.69) is 16.7 Å². The topological polar surface area (TPSA) is 74.2 Å². The number of carbonyl (C=O) groups excluding carboxylic acids is 1. The summed E-state index contributed by atoms with van der Waals surface area (Å²) in [5, 5.41) is 15.2. The van der Waals surface area contributed by atoms with Crippen LogP contribution in [0, 0.1) is 11.3 Å². The number of nitrogens with zero attached hydrogens (tertiary/aromatic N) is 1. The Hall–Kier alpha value is -1.90. The summed E-state index contributed by atoms with van der Waals surface area (Å²) in [6.07, 6.45) is 0.394. The van der Waals surface area contributed by atoms with Crippen LogP contribution >= 0.6 is 0 Å². The minimum Gasteiger partial charge on any atom is -0.378 e. The highest BCUT2D eigenvalue weighted by Crippen LogP contribution is 2.23. The van der Waals surface area contributed by atoms with Gasteiger partial charge in [-0.3, -0.25) is 4.79 Å². The Kier molecular flexibility index (Phi) is 4.94. The molecule has 1 fully saturated rings. The van der Waals surface area contributed by atoms with Gasteiger partial charge in [-0.15, -0.1) is 0 Å². The molecule has 1 unspecified atom stereocenters. The van der Waals surface area contributed by atoms with Gasteiger partial charge >= 0.3 is 0 Å². The Labute approximate surface area is 125 Å². The number of nitrogens with one attached hydrogen (secondary N) is 2. The van der Waals surface area contributed by atoms with Gasteiger partial charge in [0.25, 0.3) is 0 Å². The summed E-state index contributed by atoms with van der Waals surface area (Å²) in [5.74, 6) is -0.0368. The van der Waals surface area contributed by atoms with Crippen molar-refractivity contribution in [1.29, 1.82) is 5.26 Å². The van der Waals surface area contributed by atoms with Gasteiger partial charge in [-0.1, -0.05) is 12.1 Å². The van der Waals surface area contributed by atoms with Crippen LogP contribution in [0.1, 0.15) is 25.8 Å². The zero-order valence-corrected chi connectivity index (χ0v) is 12.5. The summed E-state index contributed by atoms with van der Waals surface area (Å²) in [6.45, 7) is 5.80. The van der Waals surface area contributed by atoms with E-state index in [9.17, 15) is 4.79 Å². The maximum Gasteiger partial charge on any atom is 0.226 e. The monoisotopic (exact) mass is 287 g/mol. The van der Waals surface area contributed by atoms with E-state index in [1.165, 1.54) is 0 Å². The first kappa shape index (κ1) is 15.5. The normalized spacial score (nSPS) is 18.8. The van der Waals surface area contributed by atoms with Crippen molar-refractivity contribution in [3.05, 3.63) is 29.8 Å². The predicted octanol–water partition coefficient (Wildman–Crippen LogP) is 1.80. The third-order valence-electron chi connectivity index (χ3n) is 3.60. The lowest BCUT2D eigenvalue weighted by Gasteiger charge is -2.23. The van der Waals surface area contributed by atoms with Crippen LogP contribution in [0.5, 0.6) is 0 Å². The molecule has 2 rings (SSSR count). The number of hydrogen-bond acceptors (Lipinski definition) is 4. The fourth-order valence-corrected chi connectivity index (χ4v) is 2.22. The number of ether oxygens (including phenoxy) is 1. The van der Waals surface area contributed by atoms with Crippen LogP contribution in [0.15, 0.2) is 24.3 Å². The van der Waals surface area contributed by atoms with Gasteiger partial charge in [-0.2, -0.15) is 5.26 Å². The first-order valence-corrected chi connectivity index (χ1v) is 7.14. The summed E-state index contributed by atoms with van der Waals surface area (Å²) in [6, 6.07) is 9.75. The number of nitriles is 1. The Morgan fingerprint density at radius 1 is 1.48 bits per heavy atom. The second-order valence-electron chi connectivity index (χ2n) is 5.79. The molecule has 21 heavy (non-hydrogen) atoms. The molecule has 0 bridgehead atoms. The van der Waals surface area contributed by atoms with Gasteiger partial charge in [0.15, 0.2) is 0 Å². The van der Waals surface area contributed by atoms with Gasteiger partial charge < -0.3 is 15.4 Å². The average Bonchev–Trinajstić information content (AvgIpc) is 2.48. The third-order valence-corrected chi connectivity index (χ3v) is 3.60. The molecule has 0 saturated carbocycles. The average molecular weight is 287 g/mol. The molecule has 0 aliphatic carbocycles. The van der Waals surface area contributed by atoms with Crippen molar-refractivity contribution < 1.29 is 9.53 Å². The van der Waals surface area contributed by atoms with E-state index >= 15 is 0 Å². The highest BCUT2D eigenvalue weighted by atomic mass is 16.5. The van der Waals surface area contributed by atoms with Crippen LogP contribution in [-0.2, 0) is 14.9 Å². The molecule has 5 nitrogen and oxygen atoms in total. The van der Waals surface area contributed by atoms with Crippen molar-refractivity contribution in [2.45, 2.75) is 31.7 Å². The van der Waals surface area contributed by atoms with Crippen LogP contribution in [0.4, 0.5) is 5.69 Å². The van der Waals surface area contributed by atoms with E-state index in [-0.39, 0.29) is 11.9 Å². The van der Waals surface area contributed by atoms with E-state index in [0.717, 1.165) is 17.8 Å². The van der Waals surface area contributed by atoms with Gasteiger partial charge in [0.05, 0.1) is 24.7 Å². The second-order valence-corrected chi connectivity index (χ2v) is 5.79. The lowest BCUT2D eigenvalue weighted by molar-refractivity contribution is -0.117. The molecule has 0 spiro atoms. The Morgan fingerprint density at radius 3 is 2.76 bits per heavy atom. The fraction of sp³-hybridized carbons (Fsp3) is 0.500. The molecular formula is C16H21N3O2. The van der Waals surface area contributed by atoms with E-state index < -0.39 is 5.41 Å². The minimum atomic E-state index is -0.522. The van der Waals surface area contributed by atoms with E-state index in [1.807, 2.05) is 38.1 Å². The number of hydrogen-bond donors (Lipinski definition) is 2. The molecule has 1 aliphatic heterocycles. The van der Waals surface area contributed by atoms with Gasteiger partial charge in [0, 0.05) is 24.7 Å². The summed E-state index contributed by atoms with van der Waals surface area (Å²) in [4.78, 5) is 12.0. The largest absolute Gasteiger partial charge is 0.378 e. The third kappa shape index (κ3) is 4.28. The van der Waals surface area contributed by atoms with Gasteiger partial charge in [0.2, 0.25) is 5.91 Å². The quantitative estimate of drug-likeness (QED) is 0.885. The van der Waals surface area contributed by atoms with Crippen LogP contribution in [-0.4, -0.2) is 31.7 Å². The molecule has 1 heterocycles. The minimum absolute atomic E-state index is 0.0368. The molecule has 0 radical (unpaired) electrons. The molecule has 1 saturated heterocycles. The summed E-state index contributed by atoms with van der Waals surface area (Å²) in [5.41, 5.74) is 1.16. The van der Waals surface area contributed by atoms with Crippen molar-refractivity contribution >= 4 is 11.6 Å². The van der Waals surface area contributed by atoms with Gasteiger partial charge in [-0.05, 0) is 31.5 Å². The second kappa shape index (κ2) is 6.70. The highest BCUT2D eigenvalue weighted by molar-refractivity contribution is 5.91.